The maximum Gasteiger partial charge on any atom is 0.416 e. The third kappa shape index (κ3) is 5.62. The Hall–Kier alpha value is -2.76. The fourth-order valence-corrected chi connectivity index (χ4v) is 3.42. The number of rotatable bonds is 4. The van der Waals surface area contributed by atoms with E-state index in [1.807, 2.05) is 4.72 Å². The first-order valence-electron chi connectivity index (χ1n) is 7.80. The first-order chi connectivity index (χ1) is 13.1. The van der Waals surface area contributed by atoms with Crippen LogP contribution in [-0.4, -0.2) is 14.3 Å². The Balaban J connectivity index is 2.52. The second-order valence-corrected chi connectivity index (χ2v) is 7.74. The highest BCUT2D eigenvalue weighted by molar-refractivity contribution is 7.92. The smallest absolute Gasteiger partial charge is 0.326 e. The zero-order valence-corrected chi connectivity index (χ0v) is 15.7. The van der Waals surface area contributed by atoms with Gasteiger partial charge in [-0.25, -0.2) is 8.42 Å². The number of halogens is 6. The van der Waals surface area contributed by atoms with Crippen LogP contribution in [0.4, 0.5) is 37.7 Å². The van der Waals surface area contributed by atoms with Crippen molar-refractivity contribution in [3.8, 4) is 0 Å². The Kier molecular flexibility index (Phi) is 5.89. The van der Waals surface area contributed by atoms with Crippen LogP contribution in [0.25, 0.3) is 0 Å². The monoisotopic (exact) mass is 440 g/mol. The van der Waals surface area contributed by atoms with Gasteiger partial charge < -0.3 is 5.32 Å². The van der Waals surface area contributed by atoms with E-state index < -0.39 is 44.3 Å². The molecule has 2 aromatic rings. The van der Waals surface area contributed by atoms with Gasteiger partial charge >= 0.3 is 12.4 Å². The number of alkyl halides is 6. The minimum atomic E-state index is -5.19. The lowest BCUT2D eigenvalue weighted by Crippen LogP contribution is -2.17. The van der Waals surface area contributed by atoms with Gasteiger partial charge in [-0.3, -0.25) is 9.52 Å². The molecule has 0 heterocycles. The molecule has 0 aromatic heterocycles. The summed E-state index contributed by atoms with van der Waals surface area (Å²) in [4.78, 5) is 9.98. The summed E-state index contributed by atoms with van der Waals surface area (Å²) in [5, 5.41) is 2.43. The molecule has 12 heteroatoms. The van der Waals surface area contributed by atoms with Crippen LogP contribution in [0.3, 0.4) is 0 Å². The van der Waals surface area contributed by atoms with Crippen molar-refractivity contribution >= 4 is 27.3 Å². The van der Waals surface area contributed by atoms with Gasteiger partial charge in [0.1, 0.15) is 0 Å². The lowest BCUT2D eigenvalue weighted by Gasteiger charge is -2.16. The first-order valence-corrected chi connectivity index (χ1v) is 9.28. The molecule has 29 heavy (non-hydrogen) atoms. The average Bonchev–Trinajstić information content (AvgIpc) is 2.55. The predicted octanol–water partition coefficient (Wildman–Crippen LogP) is 4.79. The Morgan fingerprint density at radius 1 is 0.897 bits per heavy atom. The van der Waals surface area contributed by atoms with Gasteiger partial charge in [-0.05, 0) is 42.8 Å². The van der Waals surface area contributed by atoms with E-state index >= 15 is 0 Å². The molecule has 0 spiro atoms. The Morgan fingerprint density at radius 3 is 1.86 bits per heavy atom. The predicted molar refractivity (Wildman–Crippen MR) is 92.7 cm³/mol. The van der Waals surface area contributed by atoms with E-state index in [0.29, 0.717) is 5.56 Å². The van der Waals surface area contributed by atoms with Crippen molar-refractivity contribution in [2.24, 2.45) is 0 Å². The normalized spacial score (nSPS) is 12.6. The summed E-state index contributed by atoms with van der Waals surface area (Å²) in [6.07, 6.45) is -10.4. The summed E-state index contributed by atoms with van der Waals surface area (Å²) in [5.74, 6) is -0.458. The van der Waals surface area contributed by atoms with Gasteiger partial charge in [-0.1, -0.05) is 6.07 Å². The van der Waals surface area contributed by atoms with Gasteiger partial charge in [-0.15, -0.1) is 0 Å². The van der Waals surface area contributed by atoms with Crippen molar-refractivity contribution < 1.29 is 39.6 Å². The molecule has 0 saturated carbocycles. The molecule has 158 valence electrons. The molecular weight excluding hydrogens is 426 g/mol. The molecule has 0 bridgehead atoms. The number of sulfonamides is 1. The first kappa shape index (κ1) is 22.5. The number of benzene rings is 2. The molecule has 0 atom stereocenters. The molecule has 0 saturated heterocycles. The largest absolute Gasteiger partial charge is 0.416 e. The average molecular weight is 440 g/mol. The second-order valence-electron chi connectivity index (χ2n) is 6.06. The third-order valence-electron chi connectivity index (χ3n) is 3.67. The SMILES string of the molecule is CC(=O)Nc1cc(NS(=O)(=O)c2cc(C(F)(F)F)cc(C(F)(F)F)c2)ccc1C. The quantitative estimate of drug-likeness (QED) is 0.672. The van der Waals surface area contributed by atoms with Crippen molar-refractivity contribution in [3.05, 3.63) is 53.1 Å². The van der Waals surface area contributed by atoms with Crippen LogP contribution in [0.2, 0.25) is 0 Å². The minimum Gasteiger partial charge on any atom is -0.326 e. The minimum absolute atomic E-state index is 0.112. The van der Waals surface area contributed by atoms with E-state index in [-0.39, 0.29) is 29.6 Å². The Bertz CT molecular complexity index is 1010. The summed E-state index contributed by atoms with van der Waals surface area (Å²) in [5.41, 5.74) is -2.89. The van der Waals surface area contributed by atoms with Crippen molar-refractivity contribution in [3.63, 3.8) is 0 Å². The topological polar surface area (TPSA) is 75.3 Å². The summed E-state index contributed by atoms with van der Waals surface area (Å²) in [6.45, 7) is 2.81. The zero-order chi connectivity index (χ0) is 22.2. The fourth-order valence-electron chi connectivity index (χ4n) is 2.31. The molecule has 2 rings (SSSR count). The third-order valence-corrected chi connectivity index (χ3v) is 5.03. The lowest BCUT2D eigenvalue weighted by atomic mass is 10.1. The molecule has 0 radical (unpaired) electrons. The van der Waals surface area contributed by atoms with E-state index in [4.69, 9.17) is 0 Å². The number of amides is 1. The van der Waals surface area contributed by atoms with E-state index in [0.717, 1.165) is 0 Å². The van der Waals surface area contributed by atoms with Gasteiger partial charge in [0, 0.05) is 12.6 Å². The number of nitrogens with one attached hydrogen (secondary N) is 2. The number of aryl methyl sites for hydroxylation is 1. The molecule has 2 aromatic carbocycles. The number of carbonyl (C=O) groups excluding carboxylic acids is 1. The molecule has 1 amide bonds. The molecule has 5 nitrogen and oxygen atoms in total. The summed E-state index contributed by atoms with van der Waals surface area (Å²) >= 11 is 0. The number of hydrogen-bond donors (Lipinski definition) is 2. The van der Waals surface area contributed by atoms with Crippen LogP contribution < -0.4 is 10.0 Å². The van der Waals surface area contributed by atoms with Crippen molar-refractivity contribution in [1.29, 1.82) is 0 Å². The van der Waals surface area contributed by atoms with Gasteiger partial charge in [0.2, 0.25) is 5.91 Å². The fraction of sp³-hybridized carbons (Fsp3) is 0.235. The van der Waals surface area contributed by atoms with Crippen LogP contribution in [0.15, 0.2) is 41.3 Å². The van der Waals surface area contributed by atoms with Crippen LogP contribution in [-0.2, 0) is 27.2 Å². The Morgan fingerprint density at radius 2 is 1.41 bits per heavy atom. The zero-order valence-electron chi connectivity index (χ0n) is 14.9. The molecule has 0 fully saturated rings. The highest BCUT2D eigenvalue weighted by Crippen LogP contribution is 2.37. The van der Waals surface area contributed by atoms with Crippen molar-refractivity contribution in [2.75, 3.05) is 10.0 Å². The number of carbonyl (C=O) groups is 1. The van der Waals surface area contributed by atoms with Gasteiger partial charge in [-0.2, -0.15) is 26.3 Å². The lowest BCUT2D eigenvalue weighted by molar-refractivity contribution is -0.143. The van der Waals surface area contributed by atoms with E-state index in [2.05, 4.69) is 5.32 Å². The Labute approximate surface area is 161 Å². The highest BCUT2D eigenvalue weighted by Gasteiger charge is 2.38. The van der Waals surface area contributed by atoms with E-state index in [1.165, 1.54) is 25.1 Å². The molecule has 0 unspecified atom stereocenters. The maximum absolute atomic E-state index is 12.9. The van der Waals surface area contributed by atoms with Gasteiger partial charge in [0.25, 0.3) is 10.0 Å². The number of anilines is 2. The maximum atomic E-state index is 12.9. The summed E-state index contributed by atoms with van der Waals surface area (Å²) in [6, 6.07) is 3.90. The van der Waals surface area contributed by atoms with Crippen LogP contribution >= 0.6 is 0 Å². The molecule has 0 aliphatic rings. The molecule has 0 aliphatic carbocycles. The van der Waals surface area contributed by atoms with E-state index in [9.17, 15) is 39.6 Å². The van der Waals surface area contributed by atoms with Crippen molar-refractivity contribution in [1.82, 2.24) is 0 Å². The van der Waals surface area contributed by atoms with Crippen molar-refractivity contribution in [2.45, 2.75) is 31.1 Å². The second kappa shape index (κ2) is 7.58. The summed E-state index contributed by atoms with van der Waals surface area (Å²) < 4.78 is 104. The van der Waals surface area contributed by atoms with Crippen LogP contribution in [0, 0.1) is 6.92 Å². The summed E-state index contributed by atoms with van der Waals surface area (Å²) in [7, 11) is -4.80. The number of hydrogen-bond acceptors (Lipinski definition) is 3. The standard InChI is InChI=1S/C17H14F6N2O3S/c1-9-3-4-13(8-15(9)24-10(2)26)25-29(27,28)14-6-11(16(18,19)20)5-12(7-14)17(21,22)23/h3-8,25H,1-2H3,(H,24,26). The van der Waals surface area contributed by atoms with Gasteiger partial charge in [0.15, 0.2) is 0 Å². The highest BCUT2D eigenvalue weighted by atomic mass is 32.2. The van der Waals surface area contributed by atoms with E-state index in [1.54, 1.807) is 6.92 Å². The van der Waals surface area contributed by atoms with Crippen LogP contribution in [0.1, 0.15) is 23.6 Å². The van der Waals surface area contributed by atoms with Crippen LogP contribution in [0.5, 0.6) is 0 Å². The van der Waals surface area contributed by atoms with Gasteiger partial charge in [0.05, 0.1) is 21.7 Å². The molecular formula is C17H14F6N2O3S. The molecule has 0 aliphatic heterocycles. The molecule has 2 N–H and O–H groups in total.